The molecule has 32 heavy (non-hydrogen) atoms. The third-order valence-electron chi connectivity index (χ3n) is 4.62. The zero-order valence-corrected chi connectivity index (χ0v) is 19.9. The summed E-state index contributed by atoms with van der Waals surface area (Å²) < 4.78 is 15.9. The van der Waals surface area contributed by atoms with Crippen molar-refractivity contribution in [2.24, 2.45) is 0 Å². The number of anilines is 1. The summed E-state index contributed by atoms with van der Waals surface area (Å²) in [6.07, 6.45) is 0. The molecule has 0 radical (unpaired) electrons. The van der Waals surface area contributed by atoms with Crippen LogP contribution in [0.5, 0.6) is 5.75 Å². The van der Waals surface area contributed by atoms with E-state index in [1.54, 1.807) is 30.9 Å². The molecule has 1 aromatic heterocycles. The predicted molar refractivity (Wildman–Crippen MR) is 122 cm³/mol. The molecule has 1 saturated heterocycles. The van der Waals surface area contributed by atoms with E-state index in [1.807, 2.05) is 0 Å². The maximum atomic E-state index is 13.0. The second-order valence-corrected chi connectivity index (χ2v) is 8.66. The molecule has 0 bridgehead atoms. The number of halogens is 2. The third-order valence-corrected chi connectivity index (χ3v) is 6.35. The lowest BCUT2D eigenvalue weighted by molar-refractivity contribution is -0.118. The highest BCUT2D eigenvalue weighted by molar-refractivity contribution is 7.18. The van der Waals surface area contributed by atoms with Crippen molar-refractivity contribution in [2.45, 2.75) is 13.8 Å². The van der Waals surface area contributed by atoms with Gasteiger partial charge in [0.05, 0.1) is 35.3 Å². The molecule has 172 valence electrons. The number of thiophene rings is 1. The van der Waals surface area contributed by atoms with Crippen LogP contribution in [0, 0.1) is 6.92 Å². The molecule has 1 aliphatic heterocycles. The summed E-state index contributed by atoms with van der Waals surface area (Å²) in [7, 11) is 0. The number of morpholine rings is 1. The summed E-state index contributed by atoms with van der Waals surface area (Å²) in [6, 6.07) is 4.64. The van der Waals surface area contributed by atoms with Crippen molar-refractivity contribution in [3.8, 4) is 5.75 Å². The van der Waals surface area contributed by atoms with E-state index >= 15 is 0 Å². The fourth-order valence-corrected chi connectivity index (χ4v) is 4.71. The maximum absolute atomic E-state index is 13.0. The number of carbonyl (C=O) groups excluding carboxylic acids is 3. The van der Waals surface area contributed by atoms with Crippen LogP contribution in [-0.2, 0) is 14.3 Å². The van der Waals surface area contributed by atoms with Crippen LogP contribution in [0.1, 0.15) is 32.5 Å². The van der Waals surface area contributed by atoms with Gasteiger partial charge in [-0.15, -0.1) is 11.3 Å². The molecule has 11 heteroatoms. The van der Waals surface area contributed by atoms with E-state index < -0.39 is 11.9 Å². The molecule has 0 spiro atoms. The lowest BCUT2D eigenvalue weighted by atomic mass is 10.1. The lowest BCUT2D eigenvalue weighted by Crippen LogP contribution is -2.40. The molecular formula is C21H22Cl2N2O6S. The van der Waals surface area contributed by atoms with Gasteiger partial charge in [0.25, 0.3) is 11.8 Å². The molecule has 0 unspecified atom stereocenters. The number of esters is 1. The number of carbonyl (C=O) groups is 3. The molecule has 8 nitrogen and oxygen atoms in total. The van der Waals surface area contributed by atoms with Gasteiger partial charge in [0.15, 0.2) is 6.61 Å². The minimum atomic E-state index is -0.612. The topological polar surface area (TPSA) is 94.2 Å². The van der Waals surface area contributed by atoms with Crippen LogP contribution in [0.4, 0.5) is 5.00 Å². The molecule has 2 heterocycles. The Morgan fingerprint density at radius 2 is 1.94 bits per heavy atom. The van der Waals surface area contributed by atoms with Gasteiger partial charge < -0.3 is 24.4 Å². The van der Waals surface area contributed by atoms with Gasteiger partial charge in [-0.25, -0.2) is 4.79 Å². The number of nitrogens with one attached hydrogen (secondary N) is 1. The van der Waals surface area contributed by atoms with Crippen LogP contribution in [0.25, 0.3) is 0 Å². The van der Waals surface area contributed by atoms with Gasteiger partial charge in [-0.2, -0.15) is 0 Å². The summed E-state index contributed by atoms with van der Waals surface area (Å²) in [5, 5.41) is 3.60. The van der Waals surface area contributed by atoms with E-state index in [2.05, 4.69) is 5.32 Å². The van der Waals surface area contributed by atoms with Crippen LogP contribution in [0.2, 0.25) is 10.0 Å². The Balaban J connectivity index is 1.79. The van der Waals surface area contributed by atoms with Crippen molar-refractivity contribution in [1.82, 2.24) is 4.90 Å². The minimum absolute atomic E-state index is 0.159. The lowest BCUT2D eigenvalue weighted by Gasteiger charge is -2.26. The smallest absolute Gasteiger partial charge is 0.341 e. The van der Waals surface area contributed by atoms with E-state index in [-0.39, 0.29) is 34.7 Å². The second kappa shape index (κ2) is 11.0. The SMILES string of the molecule is CCOC(=O)c1c(NC(=O)COc2ccc(Cl)cc2Cl)sc(C(=O)N2CCOCC2)c1C. The normalized spacial score (nSPS) is 13.6. The Labute approximate surface area is 199 Å². The molecule has 2 amide bonds. The van der Waals surface area contributed by atoms with Gasteiger partial charge >= 0.3 is 5.97 Å². The predicted octanol–water partition coefficient (Wildman–Crippen LogP) is 4.03. The van der Waals surface area contributed by atoms with Gasteiger partial charge in [-0.05, 0) is 37.6 Å². The molecular weight excluding hydrogens is 479 g/mol. The number of hydrogen-bond donors (Lipinski definition) is 1. The van der Waals surface area contributed by atoms with Crippen LogP contribution in [0.3, 0.4) is 0 Å². The fourth-order valence-electron chi connectivity index (χ4n) is 3.06. The van der Waals surface area contributed by atoms with Gasteiger partial charge in [-0.3, -0.25) is 9.59 Å². The summed E-state index contributed by atoms with van der Waals surface area (Å²) in [5.74, 6) is -1.05. The number of nitrogens with zero attached hydrogens (tertiary/aromatic N) is 1. The van der Waals surface area contributed by atoms with Gasteiger partial charge in [0.2, 0.25) is 0 Å². The van der Waals surface area contributed by atoms with E-state index in [0.717, 1.165) is 11.3 Å². The first-order valence-corrected chi connectivity index (χ1v) is 11.4. The average Bonchev–Trinajstić information content (AvgIpc) is 3.09. The molecule has 1 fully saturated rings. The Kier molecular flexibility index (Phi) is 8.36. The highest BCUT2D eigenvalue weighted by Crippen LogP contribution is 2.35. The van der Waals surface area contributed by atoms with Gasteiger partial charge in [-0.1, -0.05) is 23.2 Å². The fraction of sp³-hybridized carbons (Fsp3) is 0.381. The number of rotatable bonds is 7. The van der Waals surface area contributed by atoms with Gasteiger partial charge in [0.1, 0.15) is 10.8 Å². The van der Waals surface area contributed by atoms with Crippen molar-refractivity contribution in [1.29, 1.82) is 0 Å². The first-order valence-electron chi connectivity index (χ1n) is 9.87. The van der Waals surface area contributed by atoms with E-state index in [4.69, 9.17) is 37.4 Å². The van der Waals surface area contributed by atoms with Crippen LogP contribution < -0.4 is 10.1 Å². The Morgan fingerprint density at radius 3 is 2.59 bits per heavy atom. The average molecular weight is 501 g/mol. The van der Waals surface area contributed by atoms with Crippen molar-refractivity contribution >= 4 is 57.3 Å². The standard InChI is InChI=1S/C21H22Cl2N2O6S/c1-3-30-21(28)17-12(2)18(20(27)25-6-8-29-9-7-25)32-19(17)24-16(26)11-31-15-5-4-13(22)10-14(15)23/h4-5,10H,3,6-9,11H2,1-2H3,(H,24,26). The molecule has 0 aliphatic carbocycles. The highest BCUT2D eigenvalue weighted by Gasteiger charge is 2.29. The molecule has 2 aromatic rings. The Morgan fingerprint density at radius 1 is 1.22 bits per heavy atom. The maximum Gasteiger partial charge on any atom is 0.341 e. The van der Waals surface area contributed by atoms with Gasteiger partial charge in [0, 0.05) is 18.1 Å². The number of amides is 2. The molecule has 0 atom stereocenters. The number of hydrogen-bond acceptors (Lipinski definition) is 7. The Bertz CT molecular complexity index is 1020. The summed E-state index contributed by atoms with van der Waals surface area (Å²) in [4.78, 5) is 40.1. The molecule has 0 saturated carbocycles. The number of ether oxygens (including phenoxy) is 3. The van der Waals surface area contributed by atoms with E-state index in [0.29, 0.717) is 47.5 Å². The van der Waals surface area contributed by atoms with Crippen molar-refractivity contribution in [2.75, 3.05) is 44.8 Å². The summed E-state index contributed by atoms with van der Waals surface area (Å²) in [5.41, 5.74) is 0.619. The van der Waals surface area contributed by atoms with E-state index in [9.17, 15) is 14.4 Å². The minimum Gasteiger partial charge on any atom is -0.482 e. The zero-order chi connectivity index (χ0) is 23.3. The molecule has 3 rings (SSSR count). The Hall–Kier alpha value is -2.33. The summed E-state index contributed by atoms with van der Waals surface area (Å²) in [6.45, 7) is 4.98. The first-order chi connectivity index (χ1) is 15.3. The van der Waals surface area contributed by atoms with E-state index in [1.165, 1.54) is 6.07 Å². The monoisotopic (exact) mass is 500 g/mol. The summed E-state index contributed by atoms with van der Waals surface area (Å²) >= 11 is 12.9. The first kappa shape index (κ1) is 24.3. The van der Waals surface area contributed by atoms with Crippen molar-refractivity contribution in [3.63, 3.8) is 0 Å². The number of benzene rings is 1. The van der Waals surface area contributed by atoms with Crippen LogP contribution in [-0.4, -0.2) is 62.2 Å². The molecule has 1 N–H and O–H groups in total. The molecule has 1 aromatic carbocycles. The third kappa shape index (κ3) is 5.72. The quantitative estimate of drug-likeness (QED) is 0.576. The van der Waals surface area contributed by atoms with Crippen LogP contribution >= 0.6 is 34.5 Å². The van der Waals surface area contributed by atoms with Crippen molar-refractivity contribution in [3.05, 3.63) is 44.2 Å². The molecule has 1 aliphatic rings. The second-order valence-electron chi connectivity index (χ2n) is 6.80. The van der Waals surface area contributed by atoms with Crippen molar-refractivity contribution < 1.29 is 28.6 Å². The largest absolute Gasteiger partial charge is 0.482 e. The highest BCUT2D eigenvalue weighted by atomic mass is 35.5. The zero-order valence-electron chi connectivity index (χ0n) is 17.5. The van der Waals surface area contributed by atoms with Crippen LogP contribution in [0.15, 0.2) is 18.2 Å².